The first-order chi connectivity index (χ1) is 6.93. The van der Waals surface area contributed by atoms with Crippen LogP contribution in [-0.2, 0) is 9.59 Å². The highest BCUT2D eigenvalue weighted by Crippen LogP contribution is 2.12. The molecule has 0 fully saturated rings. The minimum atomic E-state index is -0.994. The number of carbonyl (C=O) groups excluding carboxylic acids is 1. The van der Waals surface area contributed by atoms with Gasteiger partial charge in [0.25, 0.3) is 0 Å². The maximum atomic E-state index is 11.1. The van der Waals surface area contributed by atoms with Crippen molar-refractivity contribution in [1.29, 1.82) is 0 Å². The molecule has 0 saturated heterocycles. The third kappa shape index (κ3) is 6.06. The Morgan fingerprint density at radius 3 is 2.13 bits per heavy atom. The van der Waals surface area contributed by atoms with Gasteiger partial charge in [-0.3, -0.25) is 9.59 Å². The summed E-state index contributed by atoms with van der Waals surface area (Å²) >= 11 is 0. The maximum absolute atomic E-state index is 11.1. The van der Waals surface area contributed by atoms with Crippen molar-refractivity contribution in [2.75, 3.05) is 6.54 Å². The minimum Gasteiger partial charge on any atom is -0.481 e. The van der Waals surface area contributed by atoms with E-state index in [9.17, 15) is 14.7 Å². The van der Waals surface area contributed by atoms with Crippen LogP contribution in [-0.4, -0.2) is 34.2 Å². The number of nitrogens with one attached hydrogen (secondary N) is 1. The molecule has 88 valence electrons. The van der Waals surface area contributed by atoms with Crippen molar-refractivity contribution in [3.05, 3.63) is 0 Å². The van der Waals surface area contributed by atoms with Gasteiger partial charge in [-0.1, -0.05) is 13.8 Å². The van der Waals surface area contributed by atoms with Crippen LogP contribution in [0, 0.1) is 0 Å². The Hall–Kier alpha value is -1.10. The van der Waals surface area contributed by atoms with E-state index in [1.54, 1.807) is 0 Å². The fraction of sp³-hybridized carbons (Fsp3) is 0.800. The Labute approximate surface area is 89.5 Å². The zero-order chi connectivity index (χ0) is 11.9. The van der Waals surface area contributed by atoms with Crippen LogP contribution < -0.4 is 5.32 Å². The predicted molar refractivity (Wildman–Crippen MR) is 55.4 cm³/mol. The second kappa shape index (κ2) is 6.40. The van der Waals surface area contributed by atoms with Crippen LogP contribution in [0.25, 0.3) is 0 Å². The number of carboxylic acids is 1. The Morgan fingerprint density at radius 2 is 1.73 bits per heavy atom. The molecule has 15 heavy (non-hydrogen) atoms. The van der Waals surface area contributed by atoms with Gasteiger partial charge in [-0.2, -0.15) is 0 Å². The molecule has 5 nitrogen and oxygen atoms in total. The van der Waals surface area contributed by atoms with E-state index in [-0.39, 0.29) is 25.3 Å². The number of amides is 1. The molecule has 0 atom stereocenters. The number of aliphatic carboxylic acids is 1. The van der Waals surface area contributed by atoms with Gasteiger partial charge in [-0.25, -0.2) is 0 Å². The molecule has 0 aromatic carbocycles. The molecular weight excluding hydrogens is 198 g/mol. The van der Waals surface area contributed by atoms with Crippen LogP contribution in [0.1, 0.15) is 39.5 Å². The molecule has 0 aliphatic carbocycles. The molecule has 0 bridgehead atoms. The Kier molecular flexibility index (Phi) is 5.93. The van der Waals surface area contributed by atoms with Crippen LogP contribution in [0.15, 0.2) is 0 Å². The topological polar surface area (TPSA) is 86.6 Å². The quantitative estimate of drug-likeness (QED) is 0.580. The lowest BCUT2D eigenvalue weighted by molar-refractivity contribution is -0.139. The van der Waals surface area contributed by atoms with Gasteiger partial charge in [0.05, 0.1) is 12.0 Å². The Balaban J connectivity index is 3.84. The molecule has 0 aliphatic heterocycles. The van der Waals surface area contributed by atoms with E-state index in [1.807, 2.05) is 13.8 Å². The summed E-state index contributed by atoms with van der Waals surface area (Å²) in [5.74, 6) is -1.33. The summed E-state index contributed by atoms with van der Waals surface area (Å²) < 4.78 is 0. The average Bonchev–Trinajstić information content (AvgIpc) is 2.23. The molecule has 0 saturated carbocycles. The second-order valence-electron chi connectivity index (χ2n) is 3.60. The molecule has 5 heteroatoms. The van der Waals surface area contributed by atoms with Gasteiger partial charge >= 0.3 is 5.97 Å². The standard InChI is InChI=1S/C10H19NO4/c1-3-10(15,4-2)7-11-8(12)5-6-9(13)14/h15H,3-7H2,1-2H3,(H,11,12)(H,13,14). The van der Waals surface area contributed by atoms with Gasteiger partial charge in [0, 0.05) is 13.0 Å². The van der Waals surface area contributed by atoms with E-state index in [0.717, 1.165) is 0 Å². The van der Waals surface area contributed by atoms with Crippen molar-refractivity contribution in [3.8, 4) is 0 Å². The van der Waals surface area contributed by atoms with Crippen LogP contribution in [0.4, 0.5) is 0 Å². The lowest BCUT2D eigenvalue weighted by atomic mass is 9.97. The molecule has 1 amide bonds. The zero-order valence-electron chi connectivity index (χ0n) is 9.25. The molecule has 0 spiro atoms. The molecular formula is C10H19NO4. The van der Waals surface area contributed by atoms with Crippen LogP contribution in [0.2, 0.25) is 0 Å². The fourth-order valence-electron chi connectivity index (χ4n) is 1.07. The Bertz CT molecular complexity index is 223. The average molecular weight is 217 g/mol. The van der Waals surface area contributed by atoms with Gasteiger partial charge in [0.15, 0.2) is 0 Å². The van der Waals surface area contributed by atoms with Gasteiger partial charge in [0.2, 0.25) is 5.91 Å². The third-order valence-electron chi connectivity index (χ3n) is 2.50. The first-order valence-corrected chi connectivity index (χ1v) is 5.14. The molecule has 0 heterocycles. The highest BCUT2D eigenvalue weighted by molar-refractivity contribution is 5.80. The smallest absolute Gasteiger partial charge is 0.303 e. The molecule has 3 N–H and O–H groups in total. The minimum absolute atomic E-state index is 0.0428. The van der Waals surface area contributed by atoms with Gasteiger partial charge in [0.1, 0.15) is 0 Å². The van der Waals surface area contributed by atoms with Gasteiger partial charge < -0.3 is 15.5 Å². The first-order valence-electron chi connectivity index (χ1n) is 5.14. The van der Waals surface area contributed by atoms with Crippen LogP contribution in [0.3, 0.4) is 0 Å². The summed E-state index contributed by atoms with van der Waals surface area (Å²) in [5, 5.41) is 20.7. The van der Waals surface area contributed by atoms with Gasteiger partial charge in [-0.05, 0) is 12.8 Å². The van der Waals surface area contributed by atoms with E-state index in [2.05, 4.69) is 5.32 Å². The molecule has 0 rings (SSSR count). The van der Waals surface area contributed by atoms with Crippen molar-refractivity contribution in [2.45, 2.75) is 45.1 Å². The summed E-state index contributed by atoms with van der Waals surface area (Å²) in [6.45, 7) is 3.86. The maximum Gasteiger partial charge on any atom is 0.303 e. The fourth-order valence-corrected chi connectivity index (χ4v) is 1.07. The normalized spacial score (nSPS) is 11.1. The molecule has 0 aliphatic rings. The summed E-state index contributed by atoms with van der Waals surface area (Å²) in [6.07, 6.45) is 0.896. The number of hydrogen-bond acceptors (Lipinski definition) is 3. The summed E-state index contributed by atoms with van der Waals surface area (Å²) in [5.41, 5.74) is -0.876. The van der Waals surface area contributed by atoms with E-state index in [4.69, 9.17) is 5.11 Å². The SMILES string of the molecule is CCC(O)(CC)CNC(=O)CCC(=O)O. The third-order valence-corrected chi connectivity index (χ3v) is 2.50. The number of carboxylic acid groups (broad SMARTS) is 1. The van der Waals surface area contributed by atoms with E-state index in [1.165, 1.54) is 0 Å². The second-order valence-corrected chi connectivity index (χ2v) is 3.60. The first kappa shape index (κ1) is 13.9. The predicted octanol–water partition coefficient (Wildman–Crippen LogP) is 0.518. The molecule has 0 aromatic rings. The lowest BCUT2D eigenvalue weighted by Crippen LogP contribution is -2.42. The number of rotatable bonds is 7. The monoisotopic (exact) mass is 217 g/mol. The van der Waals surface area contributed by atoms with Gasteiger partial charge in [-0.15, -0.1) is 0 Å². The highest BCUT2D eigenvalue weighted by Gasteiger charge is 2.22. The summed E-state index contributed by atoms with van der Waals surface area (Å²) in [6, 6.07) is 0. The number of aliphatic hydroxyl groups is 1. The number of hydrogen-bond donors (Lipinski definition) is 3. The number of carbonyl (C=O) groups is 2. The van der Waals surface area contributed by atoms with Crippen molar-refractivity contribution >= 4 is 11.9 Å². The Morgan fingerprint density at radius 1 is 1.20 bits per heavy atom. The van der Waals surface area contributed by atoms with Crippen molar-refractivity contribution in [3.63, 3.8) is 0 Å². The largest absolute Gasteiger partial charge is 0.481 e. The molecule has 0 radical (unpaired) electrons. The van der Waals surface area contributed by atoms with E-state index >= 15 is 0 Å². The van der Waals surface area contributed by atoms with E-state index in [0.29, 0.717) is 12.8 Å². The van der Waals surface area contributed by atoms with E-state index < -0.39 is 11.6 Å². The molecule has 0 unspecified atom stereocenters. The summed E-state index contributed by atoms with van der Waals surface area (Å²) in [7, 11) is 0. The van der Waals surface area contributed by atoms with Crippen molar-refractivity contribution < 1.29 is 19.8 Å². The van der Waals surface area contributed by atoms with Crippen molar-refractivity contribution in [1.82, 2.24) is 5.32 Å². The summed E-state index contributed by atoms with van der Waals surface area (Å²) in [4.78, 5) is 21.3. The highest BCUT2D eigenvalue weighted by atomic mass is 16.4. The van der Waals surface area contributed by atoms with Crippen molar-refractivity contribution in [2.24, 2.45) is 0 Å². The lowest BCUT2D eigenvalue weighted by Gasteiger charge is -2.25. The van der Waals surface area contributed by atoms with Crippen LogP contribution >= 0.6 is 0 Å². The molecule has 0 aromatic heterocycles. The zero-order valence-corrected chi connectivity index (χ0v) is 9.25. The van der Waals surface area contributed by atoms with Crippen LogP contribution in [0.5, 0.6) is 0 Å².